The molecular formula is C14H17BrFNO. The Kier molecular flexibility index (Phi) is 4.05. The molecular weight excluding hydrogens is 297 g/mol. The van der Waals surface area contributed by atoms with Gasteiger partial charge in [-0.25, -0.2) is 4.39 Å². The van der Waals surface area contributed by atoms with E-state index in [4.69, 9.17) is 0 Å². The molecule has 0 bridgehead atoms. The summed E-state index contributed by atoms with van der Waals surface area (Å²) in [6.45, 7) is 4.76. The number of rotatable bonds is 4. The summed E-state index contributed by atoms with van der Waals surface area (Å²) in [6.07, 6.45) is 2.39. The van der Waals surface area contributed by atoms with Crippen LogP contribution in [0.2, 0.25) is 0 Å². The molecule has 0 N–H and O–H groups in total. The average Bonchev–Trinajstić information content (AvgIpc) is 3.12. The van der Waals surface area contributed by atoms with Crippen molar-refractivity contribution in [3.63, 3.8) is 0 Å². The molecule has 0 aromatic heterocycles. The molecule has 2 rings (SSSR count). The van der Waals surface area contributed by atoms with Crippen LogP contribution in [0, 0.1) is 11.7 Å². The van der Waals surface area contributed by atoms with Gasteiger partial charge in [0.2, 0.25) is 0 Å². The predicted octanol–water partition coefficient (Wildman–Crippen LogP) is 3.85. The van der Waals surface area contributed by atoms with Crippen molar-refractivity contribution in [2.24, 2.45) is 5.92 Å². The summed E-state index contributed by atoms with van der Waals surface area (Å²) in [7, 11) is 0. The highest BCUT2D eigenvalue weighted by molar-refractivity contribution is 9.10. The van der Waals surface area contributed by atoms with Gasteiger partial charge in [0.05, 0.1) is 10.0 Å². The molecule has 1 aliphatic rings. The standard InChI is InChI=1S/C14H17BrFNO/c1-9(2)17(8-10-6-7-10)14(18)11-4-3-5-12(16)13(11)15/h3-5,9-10H,6-8H2,1-2H3. The van der Waals surface area contributed by atoms with Crippen LogP contribution >= 0.6 is 15.9 Å². The lowest BCUT2D eigenvalue weighted by molar-refractivity contribution is 0.0694. The Morgan fingerprint density at radius 1 is 1.50 bits per heavy atom. The molecule has 1 amide bonds. The predicted molar refractivity (Wildman–Crippen MR) is 73.0 cm³/mol. The maximum absolute atomic E-state index is 13.5. The van der Waals surface area contributed by atoms with Gasteiger partial charge in [0.1, 0.15) is 5.82 Å². The first kappa shape index (κ1) is 13.5. The number of benzene rings is 1. The van der Waals surface area contributed by atoms with E-state index in [0.717, 1.165) is 6.54 Å². The van der Waals surface area contributed by atoms with Crippen molar-refractivity contribution < 1.29 is 9.18 Å². The van der Waals surface area contributed by atoms with Gasteiger partial charge in [-0.3, -0.25) is 4.79 Å². The van der Waals surface area contributed by atoms with E-state index in [2.05, 4.69) is 15.9 Å². The van der Waals surface area contributed by atoms with Crippen molar-refractivity contribution in [2.75, 3.05) is 6.54 Å². The van der Waals surface area contributed by atoms with Crippen LogP contribution < -0.4 is 0 Å². The normalized spacial score (nSPS) is 14.9. The van der Waals surface area contributed by atoms with E-state index in [9.17, 15) is 9.18 Å². The summed E-state index contributed by atoms with van der Waals surface area (Å²) in [5.74, 6) is 0.142. The van der Waals surface area contributed by atoms with Gasteiger partial charge >= 0.3 is 0 Å². The topological polar surface area (TPSA) is 20.3 Å². The van der Waals surface area contributed by atoms with E-state index in [-0.39, 0.29) is 16.4 Å². The number of amides is 1. The summed E-state index contributed by atoms with van der Waals surface area (Å²) >= 11 is 3.16. The van der Waals surface area contributed by atoms with Crippen molar-refractivity contribution in [3.05, 3.63) is 34.1 Å². The molecule has 0 saturated heterocycles. The summed E-state index contributed by atoms with van der Waals surface area (Å²) in [4.78, 5) is 14.3. The molecule has 1 fully saturated rings. The quantitative estimate of drug-likeness (QED) is 0.827. The second-order valence-corrected chi connectivity index (χ2v) is 5.89. The van der Waals surface area contributed by atoms with E-state index in [1.54, 1.807) is 12.1 Å². The Morgan fingerprint density at radius 3 is 2.72 bits per heavy atom. The monoisotopic (exact) mass is 313 g/mol. The fraction of sp³-hybridized carbons (Fsp3) is 0.500. The Bertz CT molecular complexity index is 457. The molecule has 98 valence electrons. The van der Waals surface area contributed by atoms with Gasteiger partial charge in [-0.05, 0) is 60.7 Å². The van der Waals surface area contributed by atoms with Crippen LogP contribution in [0.1, 0.15) is 37.0 Å². The third kappa shape index (κ3) is 2.91. The Hall–Kier alpha value is -0.900. The average molecular weight is 314 g/mol. The minimum atomic E-state index is -0.393. The molecule has 0 aliphatic heterocycles. The fourth-order valence-corrected chi connectivity index (χ4v) is 2.36. The number of carbonyl (C=O) groups excluding carboxylic acids is 1. The summed E-state index contributed by atoms with van der Waals surface area (Å²) in [5.41, 5.74) is 0.407. The molecule has 0 spiro atoms. The Balaban J connectivity index is 2.23. The van der Waals surface area contributed by atoms with Gasteiger partial charge in [-0.15, -0.1) is 0 Å². The van der Waals surface area contributed by atoms with Crippen LogP contribution in [0.4, 0.5) is 4.39 Å². The van der Waals surface area contributed by atoms with Crippen molar-refractivity contribution >= 4 is 21.8 Å². The third-order valence-corrected chi connectivity index (χ3v) is 4.02. The summed E-state index contributed by atoms with van der Waals surface area (Å²) in [5, 5.41) is 0. The lowest BCUT2D eigenvalue weighted by Gasteiger charge is -2.27. The number of hydrogen-bond acceptors (Lipinski definition) is 1. The van der Waals surface area contributed by atoms with Crippen LogP contribution in [-0.4, -0.2) is 23.4 Å². The van der Waals surface area contributed by atoms with Gasteiger partial charge in [-0.1, -0.05) is 6.07 Å². The van der Waals surface area contributed by atoms with Crippen LogP contribution in [-0.2, 0) is 0 Å². The molecule has 2 nitrogen and oxygen atoms in total. The molecule has 1 saturated carbocycles. The van der Waals surface area contributed by atoms with Gasteiger partial charge in [0.15, 0.2) is 0 Å². The van der Waals surface area contributed by atoms with Crippen molar-refractivity contribution in [2.45, 2.75) is 32.7 Å². The first-order chi connectivity index (χ1) is 8.50. The van der Waals surface area contributed by atoms with Crippen LogP contribution in [0.5, 0.6) is 0 Å². The molecule has 4 heteroatoms. The second-order valence-electron chi connectivity index (χ2n) is 5.10. The zero-order chi connectivity index (χ0) is 13.3. The molecule has 1 aromatic carbocycles. The molecule has 0 atom stereocenters. The largest absolute Gasteiger partial charge is 0.336 e. The van der Waals surface area contributed by atoms with Gasteiger partial charge in [0.25, 0.3) is 5.91 Å². The van der Waals surface area contributed by atoms with E-state index >= 15 is 0 Å². The van der Waals surface area contributed by atoms with Gasteiger partial charge < -0.3 is 4.90 Å². The second kappa shape index (κ2) is 5.39. The molecule has 1 aliphatic carbocycles. The minimum Gasteiger partial charge on any atom is -0.336 e. The maximum Gasteiger partial charge on any atom is 0.255 e. The highest BCUT2D eigenvalue weighted by Gasteiger charge is 2.29. The maximum atomic E-state index is 13.5. The number of nitrogens with zero attached hydrogens (tertiary/aromatic N) is 1. The molecule has 18 heavy (non-hydrogen) atoms. The van der Waals surface area contributed by atoms with E-state index in [0.29, 0.717) is 11.5 Å². The highest BCUT2D eigenvalue weighted by Crippen LogP contribution is 2.31. The third-order valence-electron chi connectivity index (χ3n) is 3.22. The van der Waals surface area contributed by atoms with Crippen molar-refractivity contribution in [1.82, 2.24) is 4.90 Å². The SMILES string of the molecule is CC(C)N(CC1CC1)C(=O)c1cccc(F)c1Br. The first-order valence-corrected chi connectivity index (χ1v) is 7.05. The summed E-state index contributed by atoms with van der Waals surface area (Å²) < 4.78 is 13.7. The molecule has 0 unspecified atom stereocenters. The number of hydrogen-bond donors (Lipinski definition) is 0. The Morgan fingerprint density at radius 2 is 2.17 bits per heavy atom. The smallest absolute Gasteiger partial charge is 0.255 e. The summed E-state index contributed by atoms with van der Waals surface area (Å²) in [6, 6.07) is 4.72. The zero-order valence-corrected chi connectivity index (χ0v) is 12.2. The zero-order valence-electron chi connectivity index (χ0n) is 10.6. The van der Waals surface area contributed by atoms with Crippen LogP contribution in [0.15, 0.2) is 22.7 Å². The van der Waals surface area contributed by atoms with Crippen molar-refractivity contribution in [3.8, 4) is 0 Å². The minimum absolute atomic E-state index is 0.0942. The lowest BCUT2D eigenvalue weighted by Crippen LogP contribution is -2.38. The van der Waals surface area contributed by atoms with Crippen LogP contribution in [0.25, 0.3) is 0 Å². The first-order valence-electron chi connectivity index (χ1n) is 6.25. The van der Waals surface area contributed by atoms with E-state index in [1.807, 2.05) is 18.7 Å². The van der Waals surface area contributed by atoms with Gasteiger partial charge in [-0.2, -0.15) is 0 Å². The Labute approximate surface area is 115 Å². The number of halogens is 2. The van der Waals surface area contributed by atoms with E-state index in [1.165, 1.54) is 18.9 Å². The van der Waals surface area contributed by atoms with E-state index < -0.39 is 5.82 Å². The highest BCUT2D eigenvalue weighted by atomic mass is 79.9. The van der Waals surface area contributed by atoms with Crippen LogP contribution in [0.3, 0.4) is 0 Å². The molecule has 0 radical (unpaired) electrons. The fourth-order valence-electron chi connectivity index (χ4n) is 1.93. The van der Waals surface area contributed by atoms with Crippen molar-refractivity contribution in [1.29, 1.82) is 0 Å². The molecule has 1 aromatic rings. The lowest BCUT2D eigenvalue weighted by atomic mass is 10.1. The number of carbonyl (C=O) groups is 1. The van der Waals surface area contributed by atoms with Gasteiger partial charge in [0, 0.05) is 12.6 Å². The molecule has 0 heterocycles.